The minimum absolute atomic E-state index is 0.00170. The maximum atomic E-state index is 13.2. The predicted octanol–water partition coefficient (Wildman–Crippen LogP) is 3.10. The summed E-state index contributed by atoms with van der Waals surface area (Å²) in [5, 5.41) is 12.3. The smallest absolute Gasteiger partial charge is 0.321 e. The fourth-order valence-corrected chi connectivity index (χ4v) is 1.69. The van der Waals surface area contributed by atoms with Gasteiger partial charge in [-0.25, -0.2) is 9.18 Å². The Morgan fingerprint density at radius 1 is 1.53 bits per heavy atom. The molecule has 1 rings (SSSR count). The Bertz CT molecular complexity index is 460. The standard InChI is InChI=1S/C13H18ClFN2O2/c1-4-17(8-13(2,3)19)12(18)16-9-5-6-10(14)11(15)7-9/h5-7,19H,4,8H2,1-3H3,(H,16,18). The third-order valence-electron chi connectivity index (χ3n) is 2.42. The molecule has 6 heteroatoms. The van der Waals surface area contributed by atoms with E-state index in [1.54, 1.807) is 20.8 Å². The molecule has 0 radical (unpaired) electrons. The second-order valence-corrected chi connectivity index (χ2v) is 5.29. The van der Waals surface area contributed by atoms with Crippen molar-refractivity contribution in [2.45, 2.75) is 26.4 Å². The number of benzene rings is 1. The topological polar surface area (TPSA) is 52.6 Å². The molecule has 0 atom stereocenters. The third kappa shape index (κ3) is 5.04. The van der Waals surface area contributed by atoms with Crippen molar-refractivity contribution < 1.29 is 14.3 Å². The van der Waals surface area contributed by atoms with Gasteiger partial charge >= 0.3 is 6.03 Å². The lowest BCUT2D eigenvalue weighted by molar-refractivity contribution is 0.0501. The summed E-state index contributed by atoms with van der Waals surface area (Å²) in [6, 6.07) is 3.64. The number of hydrogen-bond donors (Lipinski definition) is 2. The van der Waals surface area contributed by atoms with Crippen LogP contribution < -0.4 is 5.32 Å². The molecule has 0 aromatic heterocycles. The minimum Gasteiger partial charge on any atom is -0.389 e. The second kappa shape index (κ2) is 6.21. The van der Waals surface area contributed by atoms with Gasteiger partial charge in [0.15, 0.2) is 0 Å². The van der Waals surface area contributed by atoms with Crippen molar-refractivity contribution in [1.29, 1.82) is 0 Å². The Labute approximate surface area is 117 Å². The number of carbonyl (C=O) groups excluding carboxylic acids is 1. The number of nitrogens with zero attached hydrogens (tertiary/aromatic N) is 1. The van der Waals surface area contributed by atoms with Crippen molar-refractivity contribution in [3.63, 3.8) is 0 Å². The van der Waals surface area contributed by atoms with Gasteiger partial charge in [0.2, 0.25) is 0 Å². The van der Waals surface area contributed by atoms with E-state index in [9.17, 15) is 14.3 Å². The average Bonchev–Trinajstić information content (AvgIpc) is 2.29. The van der Waals surface area contributed by atoms with Crippen LogP contribution in [0.25, 0.3) is 0 Å². The second-order valence-electron chi connectivity index (χ2n) is 4.89. The summed E-state index contributed by atoms with van der Waals surface area (Å²) < 4.78 is 13.2. The van der Waals surface area contributed by atoms with Gasteiger partial charge in [0.05, 0.1) is 17.2 Å². The van der Waals surface area contributed by atoms with Gasteiger partial charge in [-0.1, -0.05) is 11.6 Å². The molecule has 0 spiro atoms. The maximum absolute atomic E-state index is 13.2. The van der Waals surface area contributed by atoms with Gasteiger partial charge in [0.1, 0.15) is 5.82 Å². The van der Waals surface area contributed by atoms with Gasteiger partial charge in [-0.05, 0) is 39.0 Å². The summed E-state index contributed by atoms with van der Waals surface area (Å²) in [5.74, 6) is -0.593. The molecule has 1 aromatic rings. The van der Waals surface area contributed by atoms with E-state index in [4.69, 9.17) is 11.6 Å². The van der Waals surface area contributed by atoms with Crippen molar-refractivity contribution in [3.05, 3.63) is 29.0 Å². The van der Waals surface area contributed by atoms with E-state index >= 15 is 0 Å². The van der Waals surface area contributed by atoms with Gasteiger partial charge in [0.25, 0.3) is 0 Å². The number of nitrogens with one attached hydrogen (secondary N) is 1. The Kier molecular flexibility index (Phi) is 5.14. The number of aliphatic hydroxyl groups is 1. The summed E-state index contributed by atoms with van der Waals surface area (Å²) >= 11 is 5.56. The van der Waals surface area contributed by atoms with Crippen LogP contribution in [0.15, 0.2) is 18.2 Å². The Balaban J connectivity index is 2.74. The van der Waals surface area contributed by atoms with Gasteiger partial charge < -0.3 is 15.3 Å². The fourth-order valence-electron chi connectivity index (χ4n) is 1.57. The first kappa shape index (κ1) is 15.7. The molecule has 2 amide bonds. The highest BCUT2D eigenvalue weighted by atomic mass is 35.5. The zero-order chi connectivity index (χ0) is 14.6. The molecule has 0 aliphatic carbocycles. The van der Waals surface area contributed by atoms with Crippen LogP contribution in [-0.4, -0.2) is 34.7 Å². The van der Waals surface area contributed by atoms with Gasteiger partial charge in [-0.2, -0.15) is 0 Å². The minimum atomic E-state index is -0.988. The number of amides is 2. The van der Waals surface area contributed by atoms with Crippen LogP contribution in [0.1, 0.15) is 20.8 Å². The molecular weight excluding hydrogens is 271 g/mol. The van der Waals surface area contributed by atoms with Crippen molar-refractivity contribution >= 4 is 23.3 Å². The SMILES string of the molecule is CCN(CC(C)(C)O)C(=O)Nc1ccc(Cl)c(F)c1. The molecule has 106 valence electrons. The molecule has 0 unspecified atom stereocenters. The van der Waals surface area contributed by atoms with Crippen molar-refractivity contribution in [2.24, 2.45) is 0 Å². The number of carbonyl (C=O) groups is 1. The number of halogens is 2. The van der Waals surface area contributed by atoms with E-state index in [-0.39, 0.29) is 11.6 Å². The van der Waals surface area contributed by atoms with Crippen LogP contribution in [0, 0.1) is 5.82 Å². The lowest BCUT2D eigenvalue weighted by Crippen LogP contribution is -2.44. The molecule has 19 heavy (non-hydrogen) atoms. The number of rotatable bonds is 4. The van der Waals surface area contributed by atoms with Crippen molar-refractivity contribution in [1.82, 2.24) is 4.90 Å². The highest BCUT2D eigenvalue weighted by Crippen LogP contribution is 2.19. The van der Waals surface area contributed by atoms with Crippen LogP contribution in [-0.2, 0) is 0 Å². The van der Waals surface area contributed by atoms with E-state index in [0.29, 0.717) is 12.2 Å². The molecule has 2 N–H and O–H groups in total. The summed E-state index contributed by atoms with van der Waals surface area (Å²) in [6.45, 7) is 5.65. The number of likely N-dealkylation sites (N-methyl/N-ethyl adjacent to an activating group) is 1. The summed E-state index contributed by atoms with van der Waals surface area (Å²) in [4.78, 5) is 13.4. The monoisotopic (exact) mass is 288 g/mol. The summed E-state index contributed by atoms with van der Waals surface area (Å²) in [5.41, 5.74) is -0.667. The van der Waals surface area contributed by atoms with Crippen molar-refractivity contribution in [3.8, 4) is 0 Å². The average molecular weight is 289 g/mol. The first-order chi connectivity index (χ1) is 8.73. The molecular formula is C13H18ClFN2O2. The lowest BCUT2D eigenvalue weighted by Gasteiger charge is -2.28. The molecule has 0 saturated heterocycles. The van der Waals surface area contributed by atoms with E-state index in [0.717, 1.165) is 6.07 Å². The highest BCUT2D eigenvalue weighted by Gasteiger charge is 2.21. The van der Waals surface area contributed by atoms with Gasteiger partial charge in [-0.3, -0.25) is 0 Å². The van der Waals surface area contributed by atoms with E-state index in [2.05, 4.69) is 5.32 Å². The molecule has 0 aliphatic rings. The molecule has 1 aromatic carbocycles. The van der Waals surface area contributed by atoms with Crippen LogP contribution in [0.2, 0.25) is 5.02 Å². The molecule has 0 heterocycles. The van der Waals surface area contributed by atoms with Crippen LogP contribution >= 0.6 is 11.6 Å². The first-order valence-electron chi connectivity index (χ1n) is 5.96. The first-order valence-corrected chi connectivity index (χ1v) is 6.34. The number of hydrogen-bond acceptors (Lipinski definition) is 2. The van der Waals surface area contributed by atoms with Crippen LogP contribution in [0.3, 0.4) is 0 Å². The van der Waals surface area contributed by atoms with Gasteiger partial charge in [0, 0.05) is 12.2 Å². The molecule has 0 fully saturated rings. The predicted molar refractivity (Wildman–Crippen MR) is 74.0 cm³/mol. The highest BCUT2D eigenvalue weighted by molar-refractivity contribution is 6.30. The Morgan fingerprint density at radius 3 is 2.63 bits per heavy atom. The van der Waals surface area contributed by atoms with E-state index < -0.39 is 17.4 Å². The maximum Gasteiger partial charge on any atom is 0.321 e. The quantitative estimate of drug-likeness (QED) is 0.894. The van der Waals surface area contributed by atoms with Crippen LogP contribution in [0.4, 0.5) is 14.9 Å². The van der Waals surface area contributed by atoms with Crippen molar-refractivity contribution in [2.75, 3.05) is 18.4 Å². The molecule has 0 saturated carbocycles. The zero-order valence-electron chi connectivity index (χ0n) is 11.2. The molecule has 4 nitrogen and oxygen atoms in total. The lowest BCUT2D eigenvalue weighted by atomic mass is 10.1. The normalized spacial score (nSPS) is 11.3. The fraction of sp³-hybridized carbons (Fsp3) is 0.462. The van der Waals surface area contributed by atoms with E-state index in [1.807, 2.05) is 0 Å². The van der Waals surface area contributed by atoms with E-state index in [1.165, 1.54) is 17.0 Å². The zero-order valence-corrected chi connectivity index (χ0v) is 12.0. The largest absolute Gasteiger partial charge is 0.389 e. The Morgan fingerprint density at radius 2 is 2.16 bits per heavy atom. The summed E-state index contributed by atoms with van der Waals surface area (Å²) in [7, 11) is 0. The number of anilines is 1. The number of urea groups is 1. The molecule has 0 bridgehead atoms. The summed E-state index contributed by atoms with van der Waals surface area (Å²) in [6.07, 6.45) is 0. The van der Waals surface area contributed by atoms with Gasteiger partial charge in [-0.15, -0.1) is 0 Å². The van der Waals surface area contributed by atoms with Crippen LogP contribution in [0.5, 0.6) is 0 Å². The molecule has 0 aliphatic heterocycles. The Hall–Kier alpha value is -1.33. The third-order valence-corrected chi connectivity index (χ3v) is 2.72.